The van der Waals surface area contributed by atoms with Crippen LogP contribution in [0.15, 0.2) is 11.6 Å². The minimum Gasteiger partial charge on any atom is -0.466 e. The molecule has 0 aromatic carbocycles. The van der Waals surface area contributed by atoms with Crippen LogP contribution in [0.25, 0.3) is 0 Å². The van der Waals surface area contributed by atoms with E-state index < -0.39 is 0 Å². The van der Waals surface area contributed by atoms with Crippen LogP contribution in [0, 0.1) is 11.8 Å². The van der Waals surface area contributed by atoms with Gasteiger partial charge in [-0.2, -0.15) is 0 Å². The number of quaternary nitrogens is 2. The van der Waals surface area contributed by atoms with Gasteiger partial charge in [0.25, 0.3) is 0 Å². The van der Waals surface area contributed by atoms with Crippen LogP contribution in [0.3, 0.4) is 0 Å². The van der Waals surface area contributed by atoms with Crippen molar-refractivity contribution in [3.8, 4) is 0 Å². The monoisotopic (exact) mass is 340 g/mol. The normalized spacial score (nSPS) is 24.1. The molecule has 1 aliphatic rings. The van der Waals surface area contributed by atoms with Crippen molar-refractivity contribution in [2.45, 2.75) is 65.3 Å². The molecule has 0 saturated heterocycles. The molecule has 4 heteroatoms. The Morgan fingerprint density at radius 3 is 2.67 bits per heavy atom. The van der Waals surface area contributed by atoms with E-state index in [1.807, 2.05) is 6.92 Å². The first kappa shape index (κ1) is 21.2. The minimum atomic E-state index is -0.0160. The maximum Gasteiger partial charge on any atom is 0.313 e. The van der Waals surface area contributed by atoms with E-state index in [1.54, 1.807) is 0 Å². The third kappa shape index (κ3) is 7.35. The van der Waals surface area contributed by atoms with Gasteiger partial charge in [0.1, 0.15) is 6.04 Å². The van der Waals surface area contributed by atoms with Crippen molar-refractivity contribution in [3.63, 3.8) is 0 Å². The van der Waals surface area contributed by atoms with Gasteiger partial charge in [-0.1, -0.05) is 31.8 Å². The maximum atomic E-state index is 12.4. The summed E-state index contributed by atoms with van der Waals surface area (Å²) in [5, 5.41) is 2.47. The Bertz CT molecular complexity index is 393. The van der Waals surface area contributed by atoms with Crippen molar-refractivity contribution in [3.05, 3.63) is 11.6 Å². The molecule has 0 unspecified atom stereocenters. The number of nitrogens with one attached hydrogen (secondary N) is 1. The number of unbranched alkanes of at least 4 members (excludes halogenated alkanes) is 2. The van der Waals surface area contributed by atoms with Crippen molar-refractivity contribution < 1.29 is 19.7 Å². The highest BCUT2D eigenvalue weighted by molar-refractivity contribution is 5.76. The van der Waals surface area contributed by atoms with Crippen molar-refractivity contribution >= 4 is 5.97 Å². The number of nitrogens with two attached hydrogens (primary N) is 1. The van der Waals surface area contributed by atoms with E-state index >= 15 is 0 Å². The summed E-state index contributed by atoms with van der Waals surface area (Å²) in [5.74, 6) is 0.418. The molecule has 1 rings (SSSR count). The fourth-order valence-electron chi connectivity index (χ4n) is 3.87. The molecular formula is C20H40N2O2+2. The van der Waals surface area contributed by atoms with Gasteiger partial charge in [-0.25, -0.2) is 0 Å². The summed E-state index contributed by atoms with van der Waals surface area (Å²) in [6.07, 6.45) is 9.53. The summed E-state index contributed by atoms with van der Waals surface area (Å²) in [5.41, 5.74) is 1.22. The minimum absolute atomic E-state index is 0.0117. The molecule has 0 heterocycles. The molecule has 3 N–H and O–H groups in total. The largest absolute Gasteiger partial charge is 0.466 e. The van der Waals surface area contributed by atoms with E-state index in [0.29, 0.717) is 18.6 Å². The zero-order valence-electron chi connectivity index (χ0n) is 16.6. The number of esters is 1. The van der Waals surface area contributed by atoms with Gasteiger partial charge in [0.2, 0.25) is 0 Å². The van der Waals surface area contributed by atoms with Gasteiger partial charge in [0, 0.05) is 12.8 Å². The van der Waals surface area contributed by atoms with E-state index in [4.69, 9.17) is 4.74 Å². The molecule has 0 spiro atoms. The molecule has 4 nitrogen and oxygen atoms in total. The lowest BCUT2D eigenvalue weighted by Crippen LogP contribution is -3.06. The van der Waals surface area contributed by atoms with Gasteiger partial charge >= 0.3 is 5.97 Å². The van der Waals surface area contributed by atoms with E-state index in [1.165, 1.54) is 49.2 Å². The molecule has 3 atom stereocenters. The first-order valence-electron chi connectivity index (χ1n) is 9.96. The van der Waals surface area contributed by atoms with Crippen LogP contribution in [0.5, 0.6) is 0 Å². The Kier molecular flexibility index (Phi) is 10.3. The third-order valence-electron chi connectivity index (χ3n) is 5.08. The first-order valence-corrected chi connectivity index (χ1v) is 9.96. The fraction of sp³-hybridized carbons (Fsp3) is 0.850. The summed E-state index contributed by atoms with van der Waals surface area (Å²) in [6, 6.07) is 0.527. The fourth-order valence-corrected chi connectivity index (χ4v) is 3.87. The Balaban J connectivity index is 2.65. The SMILES string of the molecule is CCCCC[C@@H]1C[C@H]([NH2+]CCC[NH+](C)C)C=C(C)[C@@H]1C(=O)OCC. The Morgan fingerprint density at radius 1 is 1.29 bits per heavy atom. The topological polar surface area (TPSA) is 47.4 Å². The summed E-state index contributed by atoms with van der Waals surface area (Å²) >= 11 is 0. The highest BCUT2D eigenvalue weighted by Crippen LogP contribution is 2.34. The summed E-state index contributed by atoms with van der Waals surface area (Å²) in [7, 11) is 4.41. The highest BCUT2D eigenvalue weighted by atomic mass is 16.5. The smallest absolute Gasteiger partial charge is 0.313 e. The number of hydrogen-bond acceptors (Lipinski definition) is 2. The number of carbonyl (C=O) groups is 1. The Hall–Kier alpha value is -0.870. The Labute approximate surface area is 149 Å². The lowest BCUT2D eigenvalue weighted by molar-refractivity contribution is -0.860. The predicted molar refractivity (Wildman–Crippen MR) is 99.0 cm³/mol. The highest BCUT2D eigenvalue weighted by Gasteiger charge is 2.36. The van der Waals surface area contributed by atoms with Gasteiger partial charge in [0.05, 0.1) is 39.7 Å². The molecule has 0 aromatic heterocycles. The van der Waals surface area contributed by atoms with Crippen LogP contribution in [0.2, 0.25) is 0 Å². The second kappa shape index (κ2) is 11.6. The summed E-state index contributed by atoms with van der Waals surface area (Å²) < 4.78 is 5.36. The number of ether oxygens (including phenoxy) is 1. The third-order valence-corrected chi connectivity index (χ3v) is 5.08. The van der Waals surface area contributed by atoms with Gasteiger partial charge in [-0.15, -0.1) is 0 Å². The van der Waals surface area contributed by atoms with Crippen LogP contribution >= 0.6 is 0 Å². The van der Waals surface area contributed by atoms with Gasteiger partial charge in [-0.05, 0) is 32.3 Å². The van der Waals surface area contributed by atoms with Crippen LogP contribution in [0.1, 0.15) is 59.3 Å². The Morgan fingerprint density at radius 2 is 2.04 bits per heavy atom. The standard InChI is InChI=1S/C20H38N2O2/c1-6-8-9-11-17-15-18(21-12-10-13-22(4)5)14-16(3)19(17)20(23)24-7-2/h14,17-19,21H,6-13,15H2,1-5H3/p+2/t17-,18-,19+/m1/s1. The summed E-state index contributed by atoms with van der Waals surface area (Å²) in [6.45, 7) is 9.13. The van der Waals surface area contributed by atoms with Crippen molar-refractivity contribution in [1.29, 1.82) is 0 Å². The molecule has 0 amide bonds. The van der Waals surface area contributed by atoms with Crippen molar-refractivity contribution in [2.24, 2.45) is 11.8 Å². The van der Waals surface area contributed by atoms with Crippen molar-refractivity contribution in [2.75, 3.05) is 33.8 Å². The zero-order valence-corrected chi connectivity index (χ0v) is 16.6. The van der Waals surface area contributed by atoms with Gasteiger partial charge < -0.3 is 15.0 Å². The molecule has 0 fully saturated rings. The van der Waals surface area contributed by atoms with Crippen molar-refractivity contribution in [1.82, 2.24) is 0 Å². The number of hydrogen-bond donors (Lipinski definition) is 2. The molecule has 1 aliphatic carbocycles. The van der Waals surface area contributed by atoms with Crippen LogP contribution < -0.4 is 10.2 Å². The second-order valence-corrected chi connectivity index (χ2v) is 7.63. The molecule has 0 bridgehead atoms. The zero-order chi connectivity index (χ0) is 17.9. The van der Waals surface area contributed by atoms with E-state index in [-0.39, 0.29) is 11.9 Å². The number of carbonyl (C=O) groups excluding carboxylic acids is 1. The predicted octanol–water partition coefficient (Wildman–Crippen LogP) is 1.18. The molecule has 140 valence electrons. The lowest BCUT2D eigenvalue weighted by atomic mass is 9.74. The maximum absolute atomic E-state index is 12.4. The van der Waals surface area contributed by atoms with Crippen LogP contribution in [0.4, 0.5) is 0 Å². The van der Waals surface area contributed by atoms with E-state index in [9.17, 15) is 4.79 Å². The quantitative estimate of drug-likeness (QED) is 0.337. The number of rotatable bonds is 11. The van der Waals surface area contributed by atoms with Crippen LogP contribution in [-0.2, 0) is 9.53 Å². The molecule has 0 aromatic rings. The van der Waals surface area contributed by atoms with E-state index in [2.05, 4.69) is 39.3 Å². The van der Waals surface area contributed by atoms with Gasteiger partial charge in [0.15, 0.2) is 0 Å². The average molecular weight is 341 g/mol. The molecule has 0 saturated carbocycles. The second-order valence-electron chi connectivity index (χ2n) is 7.63. The average Bonchev–Trinajstić information content (AvgIpc) is 2.51. The molecular weight excluding hydrogens is 300 g/mol. The first-order chi connectivity index (χ1) is 11.5. The molecule has 0 radical (unpaired) electrons. The lowest BCUT2D eigenvalue weighted by Gasteiger charge is -2.32. The molecule has 24 heavy (non-hydrogen) atoms. The van der Waals surface area contributed by atoms with Crippen LogP contribution in [-0.4, -0.2) is 45.8 Å². The van der Waals surface area contributed by atoms with Gasteiger partial charge in [-0.3, -0.25) is 4.79 Å². The molecule has 0 aliphatic heterocycles. The summed E-state index contributed by atoms with van der Waals surface area (Å²) in [4.78, 5) is 13.9. The van der Waals surface area contributed by atoms with E-state index in [0.717, 1.165) is 12.8 Å².